The van der Waals surface area contributed by atoms with Gasteiger partial charge in [-0.15, -0.1) is 0 Å². The van der Waals surface area contributed by atoms with Gasteiger partial charge in [0.15, 0.2) is 0 Å². The van der Waals surface area contributed by atoms with Crippen LogP contribution in [0.25, 0.3) is 11.3 Å². The van der Waals surface area contributed by atoms with E-state index in [1.807, 2.05) is 30.3 Å². The highest BCUT2D eigenvalue weighted by Gasteiger charge is 2.29. The molecule has 2 N–H and O–H groups in total. The number of nitrogens with zero attached hydrogens (tertiary/aromatic N) is 1. The molecule has 1 aliphatic rings. The molecule has 2 aromatic carbocycles. The third-order valence-electron chi connectivity index (χ3n) is 5.25. The maximum absolute atomic E-state index is 13.1. The summed E-state index contributed by atoms with van der Waals surface area (Å²) < 4.78 is 38.0. The second-order valence-corrected chi connectivity index (χ2v) is 9.22. The van der Waals surface area contributed by atoms with E-state index in [1.165, 1.54) is 35.7 Å². The van der Waals surface area contributed by atoms with Crippen LogP contribution in [-0.4, -0.2) is 57.0 Å². The van der Waals surface area contributed by atoms with Crippen LogP contribution in [0.3, 0.4) is 0 Å². The molecule has 1 aromatic heterocycles. The maximum Gasteiger partial charge on any atom is 0.261 e. The summed E-state index contributed by atoms with van der Waals surface area (Å²) in [4.78, 5) is 27.9. The maximum atomic E-state index is 13.1. The van der Waals surface area contributed by atoms with Gasteiger partial charge in [0.1, 0.15) is 16.2 Å². The van der Waals surface area contributed by atoms with Crippen LogP contribution >= 0.6 is 0 Å². The molecule has 4 rings (SSSR count). The van der Waals surface area contributed by atoms with Crippen molar-refractivity contribution in [3.8, 4) is 17.0 Å². The van der Waals surface area contributed by atoms with E-state index in [0.717, 1.165) is 5.56 Å². The molecule has 0 spiro atoms. The van der Waals surface area contributed by atoms with Gasteiger partial charge in [0.05, 0.1) is 20.3 Å². The molecule has 3 aromatic rings. The fraction of sp³-hybridized carbons (Fsp3) is 0.217. The number of pyridine rings is 1. The lowest BCUT2D eigenvalue weighted by Crippen LogP contribution is -2.40. The minimum absolute atomic E-state index is 0.0713. The summed E-state index contributed by atoms with van der Waals surface area (Å²) in [7, 11) is -2.49. The number of carbonyl (C=O) groups is 1. The Hall–Kier alpha value is -3.47. The van der Waals surface area contributed by atoms with E-state index >= 15 is 0 Å². The number of anilines is 1. The molecule has 10 heteroatoms. The second kappa shape index (κ2) is 9.57. The van der Waals surface area contributed by atoms with E-state index in [1.54, 1.807) is 6.07 Å². The Balaban J connectivity index is 1.60. The van der Waals surface area contributed by atoms with Crippen molar-refractivity contribution in [3.05, 3.63) is 76.6 Å². The van der Waals surface area contributed by atoms with Gasteiger partial charge in [0, 0.05) is 24.5 Å². The normalized spacial score (nSPS) is 14.6. The molecular formula is C23H23N3O6S. The van der Waals surface area contributed by atoms with E-state index in [9.17, 15) is 18.0 Å². The Labute approximate surface area is 191 Å². The van der Waals surface area contributed by atoms with Crippen molar-refractivity contribution in [1.29, 1.82) is 0 Å². The van der Waals surface area contributed by atoms with Gasteiger partial charge in [-0.2, -0.15) is 4.31 Å². The predicted molar refractivity (Wildman–Crippen MR) is 123 cm³/mol. The number of hydrogen-bond donors (Lipinski definition) is 2. The molecule has 0 unspecified atom stereocenters. The van der Waals surface area contributed by atoms with Crippen molar-refractivity contribution in [2.75, 3.05) is 38.7 Å². The molecule has 0 aliphatic carbocycles. The molecule has 1 fully saturated rings. The first-order chi connectivity index (χ1) is 15.9. The molecule has 0 bridgehead atoms. The molecule has 0 atom stereocenters. The monoisotopic (exact) mass is 469 g/mol. The summed E-state index contributed by atoms with van der Waals surface area (Å²) in [6.45, 7) is 1.07. The number of morpholine rings is 1. The molecule has 1 saturated heterocycles. The highest BCUT2D eigenvalue weighted by Crippen LogP contribution is 2.30. The average molecular weight is 470 g/mol. The van der Waals surface area contributed by atoms with Gasteiger partial charge < -0.3 is 19.8 Å². The molecule has 0 radical (unpaired) electrons. The Morgan fingerprint density at radius 3 is 2.45 bits per heavy atom. The number of methoxy groups -OCH3 is 1. The number of H-pyrrole nitrogens is 1. The van der Waals surface area contributed by atoms with Gasteiger partial charge in [-0.3, -0.25) is 9.59 Å². The number of ether oxygens (including phenoxy) is 2. The number of aromatic amines is 1. The molecule has 9 nitrogen and oxygen atoms in total. The second-order valence-electron chi connectivity index (χ2n) is 7.32. The zero-order chi connectivity index (χ0) is 23.4. The molecule has 0 saturated carbocycles. The largest absolute Gasteiger partial charge is 0.495 e. The zero-order valence-electron chi connectivity index (χ0n) is 17.9. The SMILES string of the molecule is COc1ccc(NC(=O)c2ccc(-c3ccccc3)[nH]c2=O)cc1S(=O)(=O)N1CCOCC1. The third kappa shape index (κ3) is 4.82. The fourth-order valence-corrected chi connectivity index (χ4v) is 5.11. The summed E-state index contributed by atoms with van der Waals surface area (Å²) >= 11 is 0. The Morgan fingerprint density at radius 2 is 1.79 bits per heavy atom. The summed E-state index contributed by atoms with van der Waals surface area (Å²) in [5.74, 6) is -0.500. The van der Waals surface area contributed by atoms with Crippen LogP contribution in [0.1, 0.15) is 10.4 Å². The number of nitrogens with one attached hydrogen (secondary N) is 2. The summed E-state index contributed by atoms with van der Waals surface area (Å²) in [6, 6.07) is 16.6. The van der Waals surface area contributed by atoms with Crippen LogP contribution in [0.5, 0.6) is 5.75 Å². The van der Waals surface area contributed by atoms with E-state index < -0.39 is 21.5 Å². The quantitative estimate of drug-likeness (QED) is 0.572. The Morgan fingerprint density at radius 1 is 1.06 bits per heavy atom. The Kier molecular flexibility index (Phi) is 6.59. The molecular weight excluding hydrogens is 446 g/mol. The third-order valence-corrected chi connectivity index (χ3v) is 7.17. The first-order valence-electron chi connectivity index (χ1n) is 10.3. The van der Waals surface area contributed by atoms with Crippen molar-refractivity contribution in [2.24, 2.45) is 0 Å². The fourth-order valence-electron chi connectivity index (χ4n) is 3.52. The number of rotatable bonds is 6. The number of benzene rings is 2. The molecule has 1 amide bonds. The van der Waals surface area contributed by atoms with Crippen molar-refractivity contribution in [1.82, 2.24) is 9.29 Å². The molecule has 2 heterocycles. The van der Waals surface area contributed by atoms with Crippen LogP contribution in [0.15, 0.2) is 70.4 Å². The van der Waals surface area contributed by atoms with Crippen molar-refractivity contribution in [3.63, 3.8) is 0 Å². The van der Waals surface area contributed by atoms with Gasteiger partial charge in [-0.1, -0.05) is 30.3 Å². The van der Waals surface area contributed by atoms with E-state index in [0.29, 0.717) is 18.9 Å². The van der Waals surface area contributed by atoms with E-state index in [2.05, 4.69) is 10.3 Å². The Bertz CT molecular complexity index is 1320. The molecule has 33 heavy (non-hydrogen) atoms. The van der Waals surface area contributed by atoms with Crippen LogP contribution in [0, 0.1) is 0 Å². The lowest BCUT2D eigenvalue weighted by Gasteiger charge is -2.26. The highest BCUT2D eigenvalue weighted by atomic mass is 32.2. The van der Waals surface area contributed by atoms with E-state index in [-0.39, 0.29) is 35.0 Å². The highest BCUT2D eigenvalue weighted by molar-refractivity contribution is 7.89. The minimum atomic E-state index is -3.86. The van der Waals surface area contributed by atoms with Crippen LogP contribution < -0.4 is 15.6 Å². The summed E-state index contributed by atoms with van der Waals surface area (Å²) in [5, 5.41) is 2.60. The van der Waals surface area contributed by atoms with Gasteiger partial charge in [-0.05, 0) is 35.9 Å². The lowest BCUT2D eigenvalue weighted by molar-refractivity contribution is 0.0729. The lowest BCUT2D eigenvalue weighted by atomic mass is 10.1. The number of aromatic nitrogens is 1. The topological polar surface area (TPSA) is 118 Å². The van der Waals surface area contributed by atoms with Crippen molar-refractivity contribution in [2.45, 2.75) is 4.90 Å². The first-order valence-corrected chi connectivity index (χ1v) is 11.7. The van der Waals surface area contributed by atoms with Crippen LogP contribution in [0.4, 0.5) is 5.69 Å². The van der Waals surface area contributed by atoms with Crippen LogP contribution in [0.2, 0.25) is 0 Å². The van der Waals surface area contributed by atoms with Gasteiger partial charge in [0.2, 0.25) is 10.0 Å². The van der Waals surface area contributed by atoms with Crippen LogP contribution in [-0.2, 0) is 14.8 Å². The average Bonchev–Trinajstić information content (AvgIpc) is 2.85. The number of carbonyl (C=O) groups excluding carboxylic acids is 1. The van der Waals surface area contributed by atoms with E-state index in [4.69, 9.17) is 9.47 Å². The smallest absolute Gasteiger partial charge is 0.261 e. The molecule has 1 aliphatic heterocycles. The predicted octanol–water partition coefficient (Wildman–Crippen LogP) is 2.32. The number of sulfonamides is 1. The van der Waals surface area contributed by atoms with Gasteiger partial charge >= 0.3 is 0 Å². The first kappa shape index (κ1) is 22.7. The van der Waals surface area contributed by atoms with Gasteiger partial charge in [-0.25, -0.2) is 8.42 Å². The summed E-state index contributed by atoms with van der Waals surface area (Å²) in [6.07, 6.45) is 0. The number of amides is 1. The standard InChI is InChI=1S/C23H23N3O6S/c1-31-20-10-7-17(15-21(20)33(29,30)26-11-13-32-14-12-26)24-22(27)18-8-9-19(25-23(18)28)16-5-3-2-4-6-16/h2-10,15H,11-14H2,1H3,(H,24,27)(H,25,28). The minimum Gasteiger partial charge on any atom is -0.495 e. The van der Waals surface area contributed by atoms with Crippen molar-refractivity contribution < 1.29 is 22.7 Å². The zero-order valence-corrected chi connectivity index (χ0v) is 18.7. The summed E-state index contributed by atoms with van der Waals surface area (Å²) in [5.41, 5.74) is 0.973. The van der Waals surface area contributed by atoms with Crippen molar-refractivity contribution >= 4 is 21.6 Å². The number of hydrogen-bond acceptors (Lipinski definition) is 6. The van der Waals surface area contributed by atoms with Gasteiger partial charge in [0.25, 0.3) is 11.5 Å². The molecule has 172 valence electrons.